The molecule has 2 aromatic carbocycles. The van der Waals surface area contributed by atoms with Gasteiger partial charge in [-0.15, -0.1) is 0 Å². The van der Waals surface area contributed by atoms with Crippen LogP contribution in [-0.4, -0.2) is 76.2 Å². The molecule has 1 atom stereocenters. The summed E-state index contributed by atoms with van der Waals surface area (Å²) in [4.78, 5) is 57.4. The van der Waals surface area contributed by atoms with Crippen molar-refractivity contribution in [2.24, 2.45) is 0 Å². The van der Waals surface area contributed by atoms with Crippen molar-refractivity contribution in [3.63, 3.8) is 0 Å². The second-order valence-electron chi connectivity index (χ2n) is 12.6. The van der Waals surface area contributed by atoms with Crippen molar-refractivity contribution in [3.8, 4) is 16.9 Å². The van der Waals surface area contributed by atoms with E-state index in [0.29, 0.717) is 47.6 Å². The first-order valence-electron chi connectivity index (χ1n) is 15.0. The zero-order chi connectivity index (χ0) is 33.2. The number of likely N-dealkylation sites (tertiary alicyclic amines) is 1. The van der Waals surface area contributed by atoms with E-state index in [1.807, 2.05) is 26.8 Å². The van der Waals surface area contributed by atoms with Crippen LogP contribution in [-0.2, 0) is 27.1 Å². The number of ether oxygens (including phenoxy) is 2. The molecule has 0 saturated carbocycles. The first-order chi connectivity index (χ1) is 21.8. The number of piperidine rings is 1. The predicted molar refractivity (Wildman–Crippen MR) is 171 cm³/mol. The Hall–Kier alpha value is -4.64. The van der Waals surface area contributed by atoms with Crippen molar-refractivity contribution in [3.05, 3.63) is 82.1 Å². The van der Waals surface area contributed by atoms with E-state index >= 15 is 0 Å². The summed E-state index contributed by atoms with van der Waals surface area (Å²) in [6.07, 6.45) is 2.62. The number of aromatic nitrogens is 1. The van der Waals surface area contributed by atoms with Crippen LogP contribution < -0.4 is 10.6 Å². The van der Waals surface area contributed by atoms with Gasteiger partial charge in [0.05, 0.1) is 7.11 Å². The summed E-state index contributed by atoms with van der Waals surface area (Å²) in [6.45, 7) is 6.44. The number of nitrogens with one attached hydrogen (secondary N) is 2. The molecule has 1 unspecified atom stereocenters. The monoisotopic (exact) mass is 648 g/mol. The Kier molecular flexibility index (Phi) is 9.25. The Labute approximate surface area is 272 Å². The van der Waals surface area contributed by atoms with E-state index in [-0.39, 0.29) is 42.3 Å². The second kappa shape index (κ2) is 13.0. The molecule has 2 heterocycles. The number of hydrogen-bond acceptors (Lipinski definition) is 8. The highest BCUT2D eigenvalue weighted by Crippen LogP contribution is 2.35. The number of pyridine rings is 1. The van der Waals surface area contributed by atoms with Crippen molar-refractivity contribution >= 4 is 35.5 Å². The Morgan fingerprint density at radius 2 is 1.65 bits per heavy atom. The standard InChI is InChI=1S/C34H37ClN4O7/c1-33(2,3)46-32(44)39-15-12-25(13-16-39)37-29(41)21-7-5-20(6-8-21)26-11-14-36-27(28(26)40)30(42)38-34(31(43)45-4)18-22-9-10-24(35)17-23(22)19-34/h5-11,14,17,25,40H,12-13,15-16,18-19H2,1-4H3,(H,37,41)(H,38,42). The van der Waals surface area contributed by atoms with E-state index in [1.54, 1.807) is 47.4 Å². The van der Waals surface area contributed by atoms with E-state index in [4.69, 9.17) is 21.1 Å². The van der Waals surface area contributed by atoms with Crippen LogP contribution in [0, 0.1) is 0 Å². The molecule has 1 aromatic heterocycles. The van der Waals surface area contributed by atoms with Gasteiger partial charge in [-0.25, -0.2) is 14.6 Å². The topological polar surface area (TPSA) is 147 Å². The zero-order valence-corrected chi connectivity index (χ0v) is 26.9. The lowest BCUT2D eigenvalue weighted by molar-refractivity contribution is -0.147. The highest BCUT2D eigenvalue weighted by atomic mass is 35.5. The SMILES string of the molecule is COC(=O)C1(NC(=O)c2nccc(-c3ccc(C(=O)NC4CCN(C(=O)OC(C)(C)C)CC4)cc3)c2O)Cc2ccc(Cl)cc2C1. The lowest BCUT2D eigenvalue weighted by Crippen LogP contribution is -2.56. The third kappa shape index (κ3) is 7.09. The van der Waals surface area contributed by atoms with Gasteiger partial charge in [0.15, 0.2) is 11.4 Å². The number of aromatic hydroxyl groups is 1. The molecule has 3 aromatic rings. The molecule has 0 spiro atoms. The summed E-state index contributed by atoms with van der Waals surface area (Å²) in [7, 11) is 1.25. The van der Waals surface area contributed by atoms with Gasteiger partial charge in [0, 0.05) is 54.3 Å². The molecule has 242 valence electrons. The molecule has 1 fully saturated rings. The van der Waals surface area contributed by atoms with Crippen LogP contribution in [0.5, 0.6) is 5.75 Å². The van der Waals surface area contributed by atoms with Crippen LogP contribution in [0.2, 0.25) is 5.02 Å². The fourth-order valence-electron chi connectivity index (χ4n) is 5.86. The first-order valence-corrected chi connectivity index (χ1v) is 15.4. The Morgan fingerprint density at radius 3 is 2.30 bits per heavy atom. The lowest BCUT2D eigenvalue weighted by Gasteiger charge is -2.33. The molecule has 5 rings (SSSR count). The van der Waals surface area contributed by atoms with Crippen LogP contribution in [0.4, 0.5) is 4.79 Å². The van der Waals surface area contributed by atoms with Gasteiger partial charge in [-0.1, -0.05) is 29.8 Å². The van der Waals surface area contributed by atoms with Crippen LogP contribution in [0.3, 0.4) is 0 Å². The predicted octanol–water partition coefficient (Wildman–Crippen LogP) is 4.68. The maximum atomic E-state index is 13.5. The molecular weight excluding hydrogens is 612 g/mol. The summed E-state index contributed by atoms with van der Waals surface area (Å²) >= 11 is 6.14. The van der Waals surface area contributed by atoms with Gasteiger partial charge in [-0.2, -0.15) is 0 Å². The van der Waals surface area contributed by atoms with Crippen LogP contribution in [0.25, 0.3) is 11.1 Å². The summed E-state index contributed by atoms with van der Waals surface area (Å²) in [5.41, 5.74) is 0.777. The minimum atomic E-state index is -1.38. The van der Waals surface area contributed by atoms with Crippen molar-refractivity contribution in [1.29, 1.82) is 0 Å². The van der Waals surface area contributed by atoms with Gasteiger partial charge in [0.2, 0.25) is 0 Å². The van der Waals surface area contributed by atoms with E-state index in [9.17, 15) is 24.3 Å². The summed E-state index contributed by atoms with van der Waals surface area (Å²) in [5.74, 6) is -1.98. The number of carbonyl (C=O) groups is 4. The third-order valence-corrected chi connectivity index (χ3v) is 8.40. The number of fused-ring (bicyclic) bond motifs is 1. The Bertz CT molecular complexity index is 1660. The van der Waals surface area contributed by atoms with Gasteiger partial charge < -0.3 is 30.1 Å². The molecule has 1 aliphatic heterocycles. The van der Waals surface area contributed by atoms with Gasteiger partial charge in [-0.3, -0.25) is 9.59 Å². The summed E-state index contributed by atoms with van der Waals surface area (Å²) in [6, 6.07) is 13.4. The van der Waals surface area contributed by atoms with Gasteiger partial charge in [0.25, 0.3) is 11.8 Å². The molecule has 3 amide bonds. The Balaban J connectivity index is 1.24. The third-order valence-electron chi connectivity index (χ3n) is 8.16. The number of halogens is 1. The fraction of sp³-hybridized carbons (Fsp3) is 0.382. The minimum absolute atomic E-state index is 0.0888. The van der Waals surface area contributed by atoms with Crippen molar-refractivity contribution in [2.75, 3.05) is 20.2 Å². The van der Waals surface area contributed by atoms with E-state index in [1.165, 1.54) is 13.3 Å². The highest BCUT2D eigenvalue weighted by molar-refractivity contribution is 6.30. The molecule has 11 nitrogen and oxygen atoms in total. The maximum Gasteiger partial charge on any atom is 0.410 e. The smallest absolute Gasteiger partial charge is 0.410 e. The van der Waals surface area contributed by atoms with Crippen LogP contribution in [0.1, 0.15) is 65.6 Å². The zero-order valence-electron chi connectivity index (χ0n) is 26.2. The molecule has 2 aliphatic rings. The summed E-state index contributed by atoms with van der Waals surface area (Å²) < 4.78 is 10.5. The minimum Gasteiger partial charge on any atom is -0.505 e. The number of carbonyl (C=O) groups excluding carboxylic acids is 4. The van der Waals surface area contributed by atoms with E-state index in [0.717, 1.165) is 11.1 Å². The molecule has 1 aliphatic carbocycles. The maximum absolute atomic E-state index is 13.5. The van der Waals surface area contributed by atoms with Crippen molar-refractivity contribution in [2.45, 2.75) is 63.6 Å². The number of nitrogens with zero attached hydrogens (tertiary/aromatic N) is 2. The molecule has 0 bridgehead atoms. The molecular formula is C34H37ClN4O7. The average molecular weight is 649 g/mol. The Morgan fingerprint density at radius 1 is 0.978 bits per heavy atom. The number of esters is 1. The number of amides is 3. The molecule has 46 heavy (non-hydrogen) atoms. The lowest BCUT2D eigenvalue weighted by atomic mass is 9.95. The highest BCUT2D eigenvalue weighted by Gasteiger charge is 2.47. The normalized spacial score (nSPS) is 18.0. The molecule has 3 N–H and O–H groups in total. The van der Waals surface area contributed by atoms with Crippen LogP contribution >= 0.6 is 11.6 Å². The largest absolute Gasteiger partial charge is 0.505 e. The van der Waals surface area contributed by atoms with E-state index in [2.05, 4.69) is 15.6 Å². The number of methoxy groups -OCH3 is 1. The molecule has 12 heteroatoms. The summed E-state index contributed by atoms with van der Waals surface area (Å²) in [5, 5.41) is 17.4. The molecule has 1 saturated heterocycles. The molecule has 0 radical (unpaired) electrons. The van der Waals surface area contributed by atoms with Crippen LogP contribution in [0.15, 0.2) is 54.7 Å². The fourth-order valence-corrected chi connectivity index (χ4v) is 6.05. The quantitative estimate of drug-likeness (QED) is 0.327. The van der Waals surface area contributed by atoms with Gasteiger partial charge in [0.1, 0.15) is 11.1 Å². The van der Waals surface area contributed by atoms with Crippen molar-refractivity contribution < 1.29 is 33.8 Å². The first kappa shape index (κ1) is 32.7. The van der Waals surface area contributed by atoms with Gasteiger partial charge >= 0.3 is 12.1 Å². The second-order valence-corrected chi connectivity index (χ2v) is 13.1. The number of benzene rings is 2. The number of rotatable bonds is 6. The average Bonchev–Trinajstić information content (AvgIpc) is 3.38. The number of hydrogen-bond donors (Lipinski definition) is 3. The van der Waals surface area contributed by atoms with E-state index < -0.39 is 23.0 Å². The van der Waals surface area contributed by atoms with Gasteiger partial charge in [-0.05, 0) is 80.6 Å². The van der Waals surface area contributed by atoms with Crippen molar-refractivity contribution in [1.82, 2.24) is 20.5 Å².